The summed E-state index contributed by atoms with van der Waals surface area (Å²) in [5.41, 5.74) is 11.9. The molecular weight excluding hydrogens is 510 g/mol. The zero-order valence-corrected chi connectivity index (χ0v) is 23.9. The van der Waals surface area contributed by atoms with Crippen molar-refractivity contribution in [3.8, 4) is 11.5 Å². The van der Waals surface area contributed by atoms with E-state index in [1.807, 2.05) is 12.1 Å². The van der Waals surface area contributed by atoms with E-state index in [0.29, 0.717) is 13.2 Å². The highest BCUT2D eigenvalue weighted by Crippen LogP contribution is 2.62. The third-order valence-electron chi connectivity index (χ3n) is 10.6. The van der Waals surface area contributed by atoms with E-state index < -0.39 is 5.54 Å². The average molecular weight is 548 g/mol. The maximum Gasteiger partial charge on any atom is 0.255 e. The first-order valence-corrected chi connectivity index (χ1v) is 15.7. The number of ether oxygens (including phenoxy) is 2. The fourth-order valence-electron chi connectivity index (χ4n) is 9.14. The van der Waals surface area contributed by atoms with Gasteiger partial charge < -0.3 is 24.2 Å². The van der Waals surface area contributed by atoms with Gasteiger partial charge in [-0.25, -0.2) is 0 Å². The number of hydrogen-bond donors (Lipinski definition) is 0. The van der Waals surface area contributed by atoms with E-state index in [-0.39, 0.29) is 5.91 Å². The third-order valence-corrected chi connectivity index (χ3v) is 10.6. The molecule has 6 aliphatic rings. The number of methoxy groups -OCH3 is 1. The molecule has 0 radical (unpaired) electrons. The Morgan fingerprint density at radius 3 is 1.93 bits per heavy atom. The largest absolute Gasteiger partial charge is 0.456 e. The van der Waals surface area contributed by atoms with Crippen LogP contribution >= 0.6 is 0 Å². The molecule has 3 aromatic carbocycles. The Morgan fingerprint density at radius 1 is 0.780 bits per heavy atom. The fourth-order valence-corrected chi connectivity index (χ4v) is 9.14. The van der Waals surface area contributed by atoms with Gasteiger partial charge in [0.1, 0.15) is 17.0 Å². The van der Waals surface area contributed by atoms with Gasteiger partial charge in [0, 0.05) is 79.0 Å². The highest BCUT2D eigenvalue weighted by atomic mass is 16.5. The lowest BCUT2D eigenvalue weighted by atomic mass is 9.70. The molecule has 6 nitrogen and oxygen atoms in total. The lowest BCUT2D eigenvalue weighted by Gasteiger charge is -2.49. The van der Waals surface area contributed by atoms with E-state index in [9.17, 15) is 4.79 Å². The van der Waals surface area contributed by atoms with Crippen molar-refractivity contribution in [3.05, 3.63) is 80.9 Å². The molecule has 0 fully saturated rings. The molecule has 1 amide bonds. The first-order valence-electron chi connectivity index (χ1n) is 15.7. The van der Waals surface area contributed by atoms with E-state index >= 15 is 0 Å². The van der Waals surface area contributed by atoms with Crippen LogP contribution in [0.1, 0.15) is 75.0 Å². The average Bonchev–Trinajstić information content (AvgIpc) is 3.26. The molecule has 6 heterocycles. The summed E-state index contributed by atoms with van der Waals surface area (Å²) in [7, 11) is 1.73. The van der Waals surface area contributed by atoms with Gasteiger partial charge in [-0.15, -0.1) is 0 Å². The van der Waals surface area contributed by atoms with E-state index in [4.69, 9.17) is 9.47 Å². The molecule has 0 aliphatic carbocycles. The van der Waals surface area contributed by atoms with Crippen LogP contribution < -0.4 is 14.5 Å². The van der Waals surface area contributed by atoms with Crippen molar-refractivity contribution in [3.63, 3.8) is 0 Å². The van der Waals surface area contributed by atoms with Gasteiger partial charge in [-0.05, 0) is 86.3 Å². The van der Waals surface area contributed by atoms with Crippen molar-refractivity contribution in [1.29, 1.82) is 0 Å². The second-order valence-corrected chi connectivity index (χ2v) is 12.7. The van der Waals surface area contributed by atoms with Crippen molar-refractivity contribution < 1.29 is 14.3 Å². The topological polar surface area (TPSA) is 45.2 Å². The van der Waals surface area contributed by atoms with Crippen LogP contribution in [0.4, 0.5) is 11.4 Å². The van der Waals surface area contributed by atoms with E-state index in [0.717, 1.165) is 98.5 Å². The maximum absolute atomic E-state index is 14.4. The van der Waals surface area contributed by atoms with Gasteiger partial charge in [-0.1, -0.05) is 18.2 Å². The first kappa shape index (κ1) is 24.1. The Hall–Kier alpha value is -3.51. The molecule has 1 spiro atoms. The number of rotatable bonds is 3. The minimum absolute atomic E-state index is 0.0948. The molecule has 0 unspecified atom stereocenters. The smallest absolute Gasteiger partial charge is 0.255 e. The van der Waals surface area contributed by atoms with Crippen LogP contribution in [0.5, 0.6) is 11.5 Å². The standard InChI is InChI=1S/C35H37N3O3/c1-40-19-18-38-34(39)24-10-2-3-13-27(24)35(38)28-20-22-8-4-14-36-16-6-11-25(30(22)36)32(28)41-33-26-12-7-17-37-15-5-9-23(31(26)37)21-29(33)35/h2-3,10,13,20-21H,4-9,11-12,14-19H2,1H3. The lowest BCUT2D eigenvalue weighted by Crippen LogP contribution is -2.49. The number of fused-ring (bicyclic) bond motifs is 8. The second kappa shape index (κ2) is 8.75. The Balaban J connectivity index is 1.42. The monoisotopic (exact) mass is 547 g/mol. The Morgan fingerprint density at radius 2 is 1.34 bits per heavy atom. The second-order valence-electron chi connectivity index (χ2n) is 12.7. The summed E-state index contributed by atoms with van der Waals surface area (Å²) in [6.07, 6.45) is 8.82. The molecule has 0 N–H and O–H groups in total. The van der Waals surface area contributed by atoms with Crippen molar-refractivity contribution in [2.75, 3.05) is 56.2 Å². The normalized spacial score (nSPS) is 20.7. The SMILES string of the molecule is COCCN1C(=O)c2ccccc2C12c1cc3c4c(c1Oc1c2cc2c5c1CCCN5CCC2)CCCN4CCC3. The van der Waals surface area contributed by atoms with Crippen molar-refractivity contribution in [2.45, 2.75) is 56.9 Å². The molecular formula is C35H37N3O3. The molecule has 0 atom stereocenters. The minimum atomic E-state index is -0.731. The molecule has 6 heteroatoms. The number of anilines is 2. The quantitative estimate of drug-likeness (QED) is 0.428. The highest BCUT2D eigenvalue weighted by molar-refractivity contribution is 6.03. The Bertz CT molecular complexity index is 1540. The summed E-state index contributed by atoms with van der Waals surface area (Å²) >= 11 is 0. The molecule has 0 saturated carbocycles. The number of aryl methyl sites for hydroxylation is 2. The molecule has 210 valence electrons. The van der Waals surface area contributed by atoms with Gasteiger partial charge in [0.05, 0.1) is 6.61 Å². The Kier molecular flexibility index (Phi) is 5.15. The molecule has 9 rings (SSSR count). The summed E-state index contributed by atoms with van der Waals surface area (Å²) in [6.45, 7) is 5.50. The van der Waals surface area contributed by atoms with Crippen LogP contribution in [0.15, 0.2) is 36.4 Å². The Labute approximate surface area is 241 Å². The molecule has 41 heavy (non-hydrogen) atoms. The zero-order valence-electron chi connectivity index (χ0n) is 23.9. The number of amides is 1. The summed E-state index contributed by atoms with van der Waals surface area (Å²) < 4.78 is 12.9. The predicted octanol–water partition coefficient (Wildman–Crippen LogP) is 5.58. The lowest BCUT2D eigenvalue weighted by molar-refractivity contribution is 0.0578. The van der Waals surface area contributed by atoms with Crippen LogP contribution in [-0.2, 0) is 36.0 Å². The van der Waals surface area contributed by atoms with Crippen molar-refractivity contribution >= 4 is 17.3 Å². The summed E-state index contributed by atoms with van der Waals surface area (Å²) in [4.78, 5) is 21.7. The molecule has 3 aromatic rings. The van der Waals surface area contributed by atoms with Crippen molar-refractivity contribution in [2.24, 2.45) is 0 Å². The van der Waals surface area contributed by atoms with Crippen molar-refractivity contribution in [1.82, 2.24) is 4.90 Å². The van der Waals surface area contributed by atoms with Gasteiger partial charge in [-0.2, -0.15) is 0 Å². The molecule has 0 aromatic heterocycles. The third kappa shape index (κ3) is 3.04. The summed E-state index contributed by atoms with van der Waals surface area (Å²) in [5.74, 6) is 2.12. The van der Waals surface area contributed by atoms with Gasteiger partial charge in [-0.3, -0.25) is 4.79 Å². The van der Waals surface area contributed by atoms with E-state index in [1.165, 1.54) is 46.5 Å². The number of nitrogens with zero attached hydrogens (tertiary/aromatic N) is 3. The minimum Gasteiger partial charge on any atom is -0.456 e. The van der Waals surface area contributed by atoms with Crippen LogP contribution in [0.25, 0.3) is 0 Å². The first-order chi connectivity index (χ1) is 20.2. The van der Waals surface area contributed by atoms with Gasteiger partial charge in [0.2, 0.25) is 0 Å². The number of benzene rings is 3. The predicted molar refractivity (Wildman–Crippen MR) is 160 cm³/mol. The van der Waals surface area contributed by atoms with Crippen LogP contribution in [0.3, 0.4) is 0 Å². The molecule has 0 saturated heterocycles. The summed E-state index contributed by atoms with van der Waals surface area (Å²) in [6, 6.07) is 13.2. The summed E-state index contributed by atoms with van der Waals surface area (Å²) in [5, 5.41) is 0. The number of hydrogen-bond acceptors (Lipinski definition) is 5. The van der Waals surface area contributed by atoms with Crippen LogP contribution in [0, 0.1) is 0 Å². The number of carbonyl (C=O) groups is 1. The zero-order chi connectivity index (χ0) is 27.3. The molecule has 0 bridgehead atoms. The fraction of sp³-hybridized carbons (Fsp3) is 0.457. The van der Waals surface area contributed by atoms with E-state index in [1.54, 1.807) is 7.11 Å². The van der Waals surface area contributed by atoms with Gasteiger partial charge in [0.15, 0.2) is 0 Å². The van der Waals surface area contributed by atoms with Gasteiger partial charge >= 0.3 is 0 Å². The van der Waals surface area contributed by atoms with Gasteiger partial charge in [0.25, 0.3) is 5.91 Å². The van der Waals surface area contributed by atoms with E-state index in [2.05, 4.69) is 39.0 Å². The highest BCUT2D eigenvalue weighted by Gasteiger charge is 2.58. The van der Waals surface area contributed by atoms with Crippen LogP contribution in [-0.4, -0.2) is 57.2 Å². The number of carbonyl (C=O) groups excluding carboxylic acids is 1. The maximum atomic E-state index is 14.4. The van der Waals surface area contributed by atoms with Crippen LogP contribution in [0.2, 0.25) is 0 Å². The molecule has 6 aliphatic heterocycles.